The minimum absolute atomic E-state index is 1.15. The van der Waals surface area contributed by atoms with Crippen LogP contribution in [0.25, 0.3) is 0 Å². The number of aryl methyl sites for hydroxylation is 3. The molecule has 4 rings (SSSR count). The Morgan fingerprint density at radius 2 is 0.895 bits per heavy atom. The summed E-state index contributed by atoms with van der Waals surface area (Å²) in [5.74, 6) is 0. The molecule has 0 aromatic heterocycles. The summed E-state index contributed by atoms with van der Waals surface area (Å²) in [4.78, 5) is 0. The Morgan fingerprint density at radius 3 is 1.34 bits per heavy atom. The standard InChI is InChI=1S/C36H44BrP/c1-31-27-28-33(30-32(31)2)20-12-7-5-3-4-6-8-19-29-38(37,34-21-13-9-14-22-34,35-23-15-10-16-24-35)36-25-17-11-18-26-36/h9-11,13-18,21-28,30H,3-8,12,19-20,29H2,1-2H3. The van der Waals surface area contributed by atoms with E-state index < -0.39 is 5.31 Å². The molecule has 2 heteroatoms. The van der Waals surface area contributed by atoms with E-state index in [0.717, 1.165) is 6.16 Å². The molecular weight excluding hydrogens is 543 g/mol. The molecule has 0 saturated carbocycles. The second-order valence-corrected chi connectivity index (χ2v) is 20.0. The SMILES string of the molecule is Cc1ccc(CCCCCCCCCCP(Br)(c2ccccc2)(c2ccccc2)c2ccccc2)cc1C. The van der Waals surface area contributed by atoms with Gasteiger partial charge >= 0.3 is 209 Å². The predicted octanol–water partition coefficient (Wildman–Crippen LogP) is 9.81. The summed E-state index contributed by atoms with van der Waals surface area (Å²) in [5, 5.41) is 1.54. The van der Waals surface area contributed by atoms with Crippen LogP contribution in [-0.4, -0.2) is 6.16 Å². The van der Waals surface area contributed by atoms with Crippen LogP contribution >= 0.6 is 20.8 Å². The number of rotatable bonds is 14. The van der Waals surface area contributed by atoms with Gasteiger partial charge in [0.1, 0.15) is 0 Å². The summed E-state index contributed by atoms with van der Waals surface area (Å²) >= 11 is 4.59. The third kappa shape index (κ3) is 6.67. The minimum atomic E-state index is -2.75. The fraction of sp³-hybridized carbons (Fsp3) is 0.333. The number of hydrogen-bond donors (Lipinski definition) is 0. The quantitative estimate of drug-likeness (QED) is 0.102. The van der Waals surface area contributed by atoms with Crippen LogP contribution in [0.4, 0.5) is 0 Å². The van der Waals surface area contributed by atoms with Crippen LogP contribution in [0, 0.1) is 13.8 Å². The van der Waals surface area contributed by atoms with E-state index in [0.29, 0.717) is 0 Å². The Bertz CT molecular complexity index is 1150. The number of halogens is 1. The Hall–Kier alpha value is -2.21. The van der Waals surface area contributed by atoms with E-state index in [2.05, 4.69) is 139 Å². The molecule has 38 heavy (non-hydrogen) atoms. The van der Waals surface area contributed by atoms with Gasteiger partial charge in [0.25, 0.3) is 0 Å². The Kier molecular flexibility index (Phi) is 10.4. The summed E-state index contributed by atoms with van der Waals surface area (Å²) < 4.78 is 0. The predicted molar refractivity (Wildman–Crippen MR) is 175 cm³/mol. The average molecular weight is 588 g/mol. The van der Waals surface area contributed by atoms with E-state index in [1.165, 1.54) is 90.4 Å². The average Bonchev–Trinajstić information content (AvgIpc) is 2.97. The molecule has 0 heterocycles. The minimum Gasteiger partial charge on any atom is -0.0479 e. The van der Waals surface area contributed by atoms with E-state index in [9.17, 15) is 0 Å². The molecule has 0 bridgehead atoms. The van der Waals surface area contributed by atoms with Gasteiger partial charge in [0, 0.05) is 0 Å². The number of unbranched alkanes of at least 4 members (excludes halogenated alkanes) is 7. The molecule has 0 nitrogen and oxygen atoms in total. The van der Waals surface area contributed by atoms with Crippen molar-refractivity contribution in [3.8, 4) is 0 Å². The van der Waals surface area contributed by atoms with Crippen LogP contribution in [0.3, 0.4) is 0 Å². The molecule has 4 aromatic rings. The molecular formula is C36H44BrP. The van der Waals surface area contributed by atoms with Crippen molar-refractivity contribution in [3.05, 3.63) is 126 Å². The van der Waals surface area contributed by atoms with Crippen LogP contribution in [0.5, 0.6) is 0 Å². The van der Waals surface area contributed by atoms with Crippen molar-refractivity contribution in [1.82, 2.24) is 0 Å². The topological polar surface area (TPSA) is 0 Å². The van der Waals surface area contributed by atoms with E-state index in [1.807, 2.05) is 0 Å². The third-order valence-corrected chi connectivity index (χ3v) is 18.3. The van der Waals surface area contributed by atoms with E-state index in [-0.39, 0.29) is 0 Å². The van der Waals surface area contributed by atoms with E-state index >= 15 is 0 Å². The molecule has 0 aliphatic heterocycles. The molecule has 0 fully saturated rings. The fourth-order valence-corrected chi connectivity index (χ4v) is 13.6. The first-order chi connectivity index (χ1) is 18.5. The van der Waals surface area contributed by atoms with Gasteiger partial charge in [0.15, 0.2) is 0 Å². The van der Waals surface area contributed by atoms with Crippen LogP contribution in [0.2, 0.25) is 0 Å². The van der Waals surface area contributed by atoms with Crippen molar-refractivity contribution in [2.45, 2.75) is 71.6 Å². The molecule has 0 amide bonds. The molecule has 0 saturated heterocycles. The second-order valence-electron chi connectivity index (χ2n) is 10.9. The molecule has 200 valence electrons. The number of benzene rings is 4. The van der Waals surface area contributed by atoms with Crippen molar-refractivity contribution in [2.24, 2.45) is 0 Å². The molecule has 0 unspecified atom stereocenters. The zero-order valence-electron chi connectivity index (χ0n) is 23.3. The first-order valence-electron chi connectivity index (χ1n) is 14.5. The van der Waals surface area contributed by atoms with Gasteiger partial charge in [-0.3, -0.25) is 0 Å². The van der Waals surface area contributed by atoms with Crippen molar-refractivity contribution in [1.29, 1.82) is 0 Å². The van der Waals surface area contributed by atoms with Gasteiger partial charge in [-0.2, -0.15) is 0 Å². The van der Waals surface area contributed by atoms with Crippen LogP contribution in [0.1, 0.15) is 68.1 Å². The molecule has 0 aliphatic rings. The first-order valence-corrected chi connectivity index (χ1v) is 18.9. The summed E-state index contributed by atoms with van der Waals surface area (Å²) in [6.07, 6.45) is 13.0. The number of hydrogen-bond acceptors (Lipinski definition) is 0. The summed E-state index contributed by atoms with van der Waals surface area (Å²) in [6, 6.07) is 40.6. The van der Waals surface area contributed by atoms with Gasteiger partial charge in [-0.25, -0.2) is 0 Å². The molecule has 0 N–H and O–H groups in total. The van der Waals surface area contributed by atoms with Crippen molar-refractivity contribution in [3.63, 3.8) is 0 Å². The van der Waals surface area contributed by atoms with Crippen molar-refractivity contribution < 1.29 is 0 Å². The third-order valence-electron chi connectivity index (χ3n) is 8.25. The molecule has 0 aliphatic carbocycles. The van der Waals surface area contributed by atoms with Gasteiger partial charge in [-0.1, -0.05) is 6.07 Å². The molecule has 0 radical (unpaired) electrons. The molecule has 0 atom stereocenters. The Morgan fingerprint density at radius 1 is 0.474 bits per heavy atom. The van der Waals surface area contributed by atoms with E-state index in [4.69, 9.17) is 0 Å². The van der Waals surface area contributed by atoms with Crippen molar-refractivity contribution in [2.75, 3.05) is 6.16 Å². The maximum absolute atomic E-state index is 4.59. The van der Waals surface area contributed by atoms with Crippen LogP contribution < -0.4 is 15.9 Å². The monoisotopic (exact) mass is 586 g/mol. The zero-order valence-corrected chi connectivity index (χ0v) is 25.8. The van der Waals surface area contributed by atoms with Gasteiger partial charge in [-0.15, -0.1) is 0 Å². The second kappa shape index (κ2) is 13.7. The van der Waals surface area contributed by atoms with Gasteiger partial charge in [0.2, 0.25) is 0 Å². The van der Waals surface area contributed by atoms with Crippen LogP contribution in [-0.2, 0) is 6.42 Å². The zero-order chi connectivity index (χ0) is 26.7. The summed E-state index contributed by atoms with van der Waals surface area (Å²) in [6.45, 7) is 4.42. The van der Waals surface area contributed by atoms with Crippen molar-refractivity contribution >= 4 is 36.7 Å². The van der Waals surface area contributed by atoms with Gasteiger partial charge < -0.3 is 0 Å². The Balaban J connectivity index is 1.33. The summed E-state index contributed by atoms with van der Waals surface area (Å²) in [7, 11) is 0. The fourth-order valence-electron chi connectivity index (χ4n) is 5.81. The van der Waals surface area contributed by atoms with Crippen LogP contribution in [0.15, 0.2) is 109 Å². The van der Waals surface area contributed by atoms with Gasteiger partial charge in [-0.05, 0) is 25.0 Å². The smallest absolute Gasteiger partial charge is 0.0479 e. The summed E-state index contributed by atoms with van der Waals surface area (Å²) in [5.41, 5.74) is 4.32. The van der Waals surface area contributed by atoms with Gasteiger partial charge in [0.05, 0.1) is 0 Å². The normalized spacial score (nSPS) is 12.7. The van der Waals surface area contributed by atoms with E-state index in [1.54, 1.807) is 0 Å². The Labute approximate surface area is 239 Å². The first kappa shape index (κ1) is 28.8. The molecule has 4 aromatic carbocycles. The molecule has 0 spiro atoms. The maximum atomic E-state index is 4.59.